The Balaban J connectivity index is 2.62. The summed E-state index contributed by atoms with van der Waals surface area (Å²) in [5, 5.41) is 11.0. The lowest BCUT2D eigenvalue weighted by atomic mass is 10.1. The van der Waals surface area contributed by atoms with Crippen LogP contribution >= 0.6 is 0 Å². The number of anilines is 1. The molecule has 6 heteroatoms. The largest absolute Gasteiger partial charge is 0.480 e. The number of carbonyl (C=O) groups excluding carboxylic acids is 1. The smallest absolute Gasteiger partial charge is 0.320 e. The van der Waals surface area contributed by atoms with Gasteiger partial charge in [-0.2, -0.15) is 0 Å². The number of nitrogens with one attached hydrogen (secondary N) is 1. The zero-order valence-electron chi connectivity index (χ0n) is 9.02. The number of hydrogen-bond donors (Lipinski definition) is 3. The standard InChI is InChI=1S/C11H13FN2O3/c12-6-10(15)14-8-3-1-7(2-4-8)5-9(13)11(16)17/h1-4,9H,5-6,13H2,(H,14,15)(H,16,17)/t9-/m0/s1. The molecule has 1 atom stereocenters. The van der Waals surface area contributed by atoms with Gasteiger partial charge in [-0.3, -0.25) is 9.59 Å². The Hall–Kier alpha value is -1.95. The average Bonchev–Trinajstić information content (AvgIpc) is 2.31. The van der Waals surface area contributed by atoms with E-state index in [4.69, 9.17) is 10.8 Å². The Morgan fingerprint density at radius 2 is 1.94 bits per heavy atom. The van der Waals surface area contributed by atoms with E-state index in [1.807, 2.05) is 0 Å². The summed E-state index contributed by atoms with van der Waals surface area (Å²) in [6, 6.07) is 5.45. The van der Waals surface area contributed by atoms with Gasteiger partial charge in [-0.25, -0.2) is 4.39 Å². The highest BCUT2D eigenvalue weighted by Crippen LogP contribution is 2.10. The fourth-order valence-electron chi connectivity index (χ4n) is 1.26. The van der Waals surface area contributed by atoms with Crippen molar-refractivity contribution in [1.82, 2.24) is 0 Å². The van der Waals surface area contributed by atoms with Crippen molar-refractivity contribution in [3.8, 4) is 0 Å². The van der Waals surface area contributed by atoms with E-state index in [-0.39, 0.29) is 6.42 Å². The van der Waals surface area contributed by atoms with Gasteiger partial charge in [-0.1, -0.05) is 12.1 Å². The van der Waals surface area contributed by atoms with Crippen molar-refractivity contribution in [3.05, 3.63) is 29.8 Å². The molecule has 0 spiro atoms. The second-order valence-electron chi connectivity index (χ2n) is 3.53. The van der Waals surface area contributed by atoms with E-state index >= 15 is 0 Å². The maximum atomic E-state index is 11.9. The number of amides is 1. The highest BCUT2D eigenvalue weighted by Gasteiger charge is 2.11. The summed E-state index contributed by atoms with van der Waals surface area (Å²) < 4.78 is 11.9. The van der Waals surface area contributed by atoms with Crippen LogP contribution in [0.2, 0.25) is 0 Å². The van der Waals surface area contributed by atoms with Crippen molar-refractivity contribution in [3.63, 3.8) is 0 Å². The van der Waals surface area contributed by atoms with Gasteiger partial charge in [-0.05, 0) is 24.1 Å². The molecule has 0 aliphatic rings. The third-order valence-corrected chi connectivity index (χ3v) is 2.13. The monoisotopic (exact) mass is 240 g/mol. The van der Waals surface area contributed by atoms with Gasteiger partial charge in [-0.15, -0.1) is 0 Å². The summed E-state index contributed by atoms with van der Waals surface area (Å²) >= 11 is 0. The molecule has 1 aromatic rings. The van der Waals surface area contributed by atoms with Crippen molar-refractivity contribution in [2.24, 2.45) is 5.73 Å². The van der Waals surface area contributed by atoms with Gasteiger partial charge in [0.2, 0.25) is 0 Å². The number of carboxylic acid groups (broad SMARTS) is 1. The van der Waals surface area contributed by atoms with Crippen molar-refractivity contribution in [1.29, 1.82) is 0 Å². The Morgan fingerprint density at radius 1 is 1.35 bits per heavy atom. The van der Waals surface area contributed by atoms with Crippen molar-refractivity contribution in [2.45, 2.75) is 12.5 Å². The number of aliphatic carboxylic acids is 1. The minimum atomic E-state index is -1.08. The highest BCUT2D eigenvalue weighted by atomic mass is 19.1. The Kier molecular flexibility index (Phi) is 4.59. The first-order valence-electron chi connectivity index (χ1n) is 4.96. The summed E-state index contributed by atoms with van der Waals surface area (Å²) in [6.07, 6.45) is 0.201. The molecule has 4 N–H and O–H groups in total. The maximum absolute atomic E-state index is 11.9. The normalized spacial score (nSPS) is 11.9. The molecule has 0 unspecified atom stereocenters. The van der Waals surface area contributed by atoms with E-state index in [0.717, 1.165) is 5.56 Å². The Labute approximate surface area is 97.4 Å². The van der Waals surface area contributed by atoms with Gasteiger partial charge in [0.05, 0.1) is 0 Å². The Bertz CT molecular complexity index is 406. The number of alkyl halides is 1. The number of carbonyl (C=O) groups is 2. The van der Waals surface area contributed by atoms with E-state index < -0.39 is 24.6 Å². The van der Waals surface area contributed by atoms with Crippen LogP contribution in [0.3, 0.4) is 0 Å². The Morgan fingerprint density at radius 3 is 2.41 bits per heavy atom. The zero-order valence-corrected chi connectivity index (χ0v) is 9.02. The van der Waals surface area contributed by atoms with E-state index in [2.05, 4.69) is 5.32 Å². The van der Waals surface area contributed by atoms with Crippen LogP contribution in [0.4, 0.5) is 10.1 Å². The lowest BCUT2D eigenvalue weighted by Gasteiger charge is -2.07. The molecule has 5 nitrogen and oxygen atoms in total. The summed E-state index contributed by atoms with van der Waals surface area (Å²) in [7, 11) is 0. The van der Waals surface area contributed by atoms with E-state index in [9.17, 15) is 14.0 Å². The molecule has 0 aliphatic heterocycles. The van der Waals surface area contributed by atoms with Gasteiger partial charge in [0.15, 0.2) is 6.67 Å². The van der Waals surface area contributed by atoms with E-state index in [1.54, 1.807) is 24.3 Å². The van der Waals surface area contributed by atoms with Crippen LogP contribution in [0.25, 0.3) is 0 Å². The summed E-state index contributed by atoms with van der Waals surface area (Å²) in [5.41, 5.74) is 6.56. The molecule has 0 heterocycles. The number of hydrogen-bond acceptors (Lipinski definition) is 3. The minimum Gasteiger partial charge on any atom is -0.480 e. The molecule has 0 radical (unpaired) electrons. The molecular weight excluding hydrogens is 227 g/mol. The van der Waals surface area contributed by atoms with Crippen LogP contribution in [0.1, 0.15) is 5.56 Å². The molecule has 0 aromatic heterocycles. The topological polar surface area (TPSA) is 92.4 Å². The summed E-state index contributed by atoms with van der Waals surface area (Å²) in [6.45, 7) is -1.08. The number of benzene rings is 1. The van der Waals surface area contributed by atoms with Crippen LogP contribution in [-0.2, 0) is 16.0 Å². The van der Waals surface area contributed by atoms with Gasteiger partial charge in [0, 0.05) is 5.69 Å². The fraction of sp³-hybridized carbons (Fsp3) is 0.273. The van der Waals surface area contributed by atoms with Gasteiger partial charge >= 0.3 is 5.97 Å². The first kappa shape index (κ1) is 13.1. The quantitative estimate of drug-likeness (QED) is 0.700. The SMILES string of the molecule is N[C@@H](Cc1ccc(NC(=O)CF)cc1)C(=O)O. The maximum Gasteiger partial charge on any atom is 0.320 e. The molecular formula is C11H13FN2O3. The van der Waals surface area contributed by atoms with Crippen LogP contribution in [0.5, 0.6) is 0 Å². The van der Waals surface area contributed by atoms with E-state index in [0.29, 0.717) is 5.69 Å². The van der Waals surface area contributed by atoms with E-state index in [1.165, 1.54) is 0 Å². The molecule has 1 aromatic carbocycles. The first-order valence-corrected chi connectivity index (χ1v) is 4.96. The lowest BCUT2D eigenvalue weighted by molar-refractivity contribution is -0.138. The predicted octanol–water partition coefficient (Wildman–Crippen LogP) is 0.549. The lowest BCUT2D eigenvalue weighted by Crippen LogP contribution is -2.32. The molecule has 1 rings (SSSR count). The second kappa shape index (κ2) is 5.95. The predicted molar refractivity (Wildman–Crippen MR) is 60.4 cm³/mol. The highest BCUT2D eigenvalue weighted by molar-refractivity contribution is 5.91. The van der Waals surface area contributed by atoms with Crippen LogP contribution in [-0.4, -0.2) is 29.7 Å². The zero-order chi connectivity index (χ0) is 12.8. The average molecular weight is 240 g/mol. The number of carboxylic acids is 1. The van der Waals surface area contributed by atoms with Crippen LogP contribution in [0, 0.1) is 0 Å². The molecule has 0 saturated carbocycles. The first-order chi connectivity index (χ1) is 8.02. The summed E-state index contributed by atoms with van der Waals surface area (Å²) in [5.74, 6) is -1.79. The van der Waals surface area contributed by atoms with Crippen LogP contribution < -0.4 is 11.1 Å². The minimum absolute atomic E-state index is 0.201. The van der Waals surface area contributed by atoms with Crippen molar-refractivity contribution >= 4 is 17.6 Å². The number of halogens is 1. The molecule has 0 saturated heterocycles. The van der Waals surface area contributed by atoms with Gasteiger partial charge in [0.1, 0.15) is 6.04 Å². The second-order valence-corrected chi connectivity index (χ2v) is 3.53. The van der Waals surface area contributed by atoms with Crippen molar-refractivity contribution < 1.29 is 19.1 Å². The third kappa shape index (κ3) is 4.20. The number of nitrogens with two attached hydrogens (primary N) is 1. The third-order valence-electron chi connectivity index (χ3n) is 2.13. The van der Waals surface area contributed by atoms with Gasteiger partial charge in [0.25, 0.3) is 5.91 Å². The van der Waals surface area contributed by atoms with Crippen molar-refractivity contribution in [2.75, 3.05) is 12.0 Å². The van der Waals surface area contributed by atoms with Gasteiger partial charge < -0.3 is 16.2 Å². The fourth-order valence-corrected chi connectivity index (χ4v) is 1.26. The summed E-state index contributed by atoms with van der Waals surface area (Å²) in [4.78, 5) is 21.3. The molecule has 0 fully saturated rings. The molecule has 0 bridgehead atoms. The molecule has 1 amide bonds. The van der Waals surface area contributed by atoms with Crippen LogP contribution in [0.15, 0.2) is 24.3 Å². The molecule has 92 valence electrons. The molecule has 0 aliphatic carbocycles. The number of rotatable bonds is 5. The molecule has 17 heavy (non-hydrogen) atoms.